The molecule has 1 aliphatic carbocycles. The van der Waals surface area contributed by atoms with Gasteiger partial charge in [-0.3, -0.25) is 0 Å². The molecule has 1 fully saturated rings. The highest BCUT2D eigenvalue weighted by Gasteiger charge is 2.27. The smallest absolute Gasteiger partial charge is 0.326 e. The molecule has 5 heteroatoms. The highest BCUT2D eigenvalue weighted by atomic mass is 16.4. The normalized spacial score (nSPS) is 20.6. The summed E-state index contributed by atoms with van der Waals surface area (Å²) in [6, 6.07) is -1.08. The number of carboxylic acids is 1. The summed E-state index contributed by atoms with van der Waals surface area (Å²) in [5.74, 6) is -0.527. The van der Waals surface area contributed by atoms with E-state index >= 15 is 0 Å². The highest BCUT2D eigenvalue weighted by molar-refractivity contribution is 5.82. The number of amides is 2. The van der Waals surface area contributed by atoms with Crippen LogP contribution in [-0.4, -0.2) is 29.2 Å². The molecule has 2 unspecified atom stereocenters. The van der Waals surface area contributed by atoms with Crippen LogP contribution in [0.15, 0.2) is 0 Å². The van der Waals surface area contributed by atoms with Gasteiger partial charge in [0.1, 0.15) is 6.04 Å². The lowest BCUT2D eigenvalue weighted by Crippen LogP contribution is -2.51. The maximum Gasteiger partial charge on any atom is 0.326 e. The van der Waals surface area contributed by atoms with Crippen molar-refractivity contribution in [3.8, 4) is 0 Å². The van der Waals surface area contributed by atoms with Crippen molar-refractivity contribution >= 4 is 12.0 Å². The summed E-state index contributed by atoms with van der Waals surface area (Å²) in [7, 11) is 0. The van der Waals surface area contributed by atoms with Gasteiger partial charge in [-0.15, -0.1) is 0 Å². The van der Waals surface area contributed by atoms with E-state index in [9.17, 15) is 9.59 Å². The van der Waals surface area contributed by atoms with Crippen molar-refractivity contribution < 1.29 is 14.7 Å². The number of aliphatic carboxylic acids is 1. The van der Waals surface area contributed by atoms with Crippen LogP contribution in [0.2, 0.25) is 0 Å². The SMILES string of the molecule is CCC(C)[C@H](NC(=O)NC(C)C1CCCC1)C(=O)O. The predicted molar refractivity (Wildman–Crippen MR) is 74.0 cm³/mol. The van der Waals surface area contributed by atoms with E-state index in [-0.39, 0.29) is 18.0 Å². The molecule has 19 heavy (non-hydrogen) atoms. The minimum Gasteiger partial charge on any atom is -0.480 e. The van der Waals surface area contributed by atoms with Gasteiger partial charge in [0, 0.05) is 6.04 Å². The lowest BCUT2D eigenvalue weighted by Gasteiger charge is -2.24. The molecule has 5 nitrogen and oxygen atoms in total. The number of carboxylic acid groups (broad SMARTS) is 1. The Hall–Kier alpha value is -1.26. The molecule has 0 aliphatic heterocycles. The van der Waals surface area contributed by atoms with Crippen LogP contribution in [0.1, 0.15) is 52.9 Å². The molecule has 1 rings (SSSR count). The van der Waals surface area contributed by atoms with E-state index < -0.39 is 12.0 Å². The Morgan fingerprint density at radius 1 is 1.21 bits per heavy atom. The second-order valence-corrected chi connectivity index (χ2v) is 5.65. The Bertz CT molecular complexity index is 314. The Labute approximate surface area is 115 Å². The largest absolute Gasteiger partial charge is 0.480 e. The third kappa shape index (κ3) is 4.73. The molecule has 1 aliphatic rings. The lowest BCUT2D eigenvalue weighted by atomic mass is 9.99. The molecule has 0 heterocycles. The zero-order valence-electron chi connectivity index (χ0n) is 12.1. The molecular weight excluding hydrogens is 244 g/mol. The molecule has 0 bridgehead atoms. The Kier molecular flexibility index (Phi) is 6.12. The van der Waals surface area contributed by atoms with Gasteiger partial charge in [-0.2, -0.15) is 0 Å². The predicted octanol–water partition coefficient (Wildman–Crippen LogP) is 2.36. The Morgan fingerprint density at radius 2 is 1.79 bits per heavy atom. The average molecular weight is 270 g/mol. The van der Waals surface area contributed by atoms with Crippen molar-refractivity contribution in [1.29, 1.82) is 0 Å². The van der Waals surface area contributed by atoms with Crippen molar-refractivity contribution in [3.63, 3.8) is 0 Å². The molecule has 3 atom stereocenters. The van der Waals surface area contributed by atoms with Crippen molar-refractivity contribution in [2.45, 2.75) is 65.0 Å². The summed E-state index contributed by atoms with van der Waals surface area (Å²) < 4.78 is 0. The molecule has 1 saturated carbocycles. The van der Waals surface area contributed by atoms with E-state index in [1.807, 2.05) is 20.8 Å². The first kappa shape index (κ1) is 15.8. The number of nitrogens with one attached hydrogen (secondary N) is 2. The summed E-state index contributed by atoms with van der Waals surface area (Å²) in [5, 5.41) is 14.6. The number of carbonyl (C=O) groups excluding carboxylic acids is 1. The highest BCUT2D eigenvalue weighted by Crippen LogP contribution is 2.27. The standard InChI is InChI=1S/C14H26N2O3/c1-4-9(2)12(13(17)18)16-14(19)15-10(3)11-7-5-6-8-11/h9-12H,4-8H2,1-3H3,(H,17,18)(H2,15,16,19)/t9?,10?,12-/m0/s1. The van der Waals surface area contributed by atoms with Crippen LogP contribution in [0.25, 0.3) is 0 Å². The second kappa shape index (κ2) is 7.36. The third-order valence-electron chi connectivity index (χ3n) is 4.23. The first-order valence-electron chi connectivity index (χ1n) is 7.25. The van der Waals surface area contributed by atoms with Gasteiger partial charge in [0.25, 0.3) is 0 Å². The van der Waals surface area contributed by atoms with Crippen LogP contribution in [0, 0.1) is 11.8 Å². The van der Waals surface area contributed by atoms with E-state index in [4.69, 9.17) is 5.11 Å². The quantitative estimate of drug-likeness (QED) is 0.693. The van der Waals surface area contributed by atoms with Gasteiger partial charge in [-0.1, -0.05) is 33.1 Å². The first-order chi connectivity index (χ1) is 8.95. The minimum atomic E-state index is -0.974. The molecule has 0 aromatic rings. The van der Waals surface area contributed by atoms with Crippen LogP contribution in [-0.2, 0) is 4.79 Å². The fourth-order valence-electron chi connectivity index (χ4n) is 2.65. The van der Waals surface area contributed by atoms with Crippen molar-refractivity contribution in [2.75, 3.05) is 0 Å². The maximum atomic E-state index is 11.9. The van der Waals surface area contributed by atoms with Crippen LogP contribution in [0.4, 0.5) is 4.79 Å². The van der Waals surface area contributed by atoms with Gasteiger partial charge in [0.15, 0.2) is 0 Å². The minimum absolute atomic E-state index is 0.0787. The van der Waals surface area contributed by atoms with Gasteiger partial charge in [0.05, 0.1) is 0 Å². The Balaban J connectivity index is 2.45. The van der Waals surface area contributed by atoms with Gasteiger partial charge in [0.2, 0.25) is 0 Å². The van der Waals surface area contributed by atoms with E-state index in [0.29, 0.717) is 5.92 Å². The second-order valence-electron chi connectivity index (χ2n) is 5.65. The summed E-state index contributed by atoms with van der Waals surface area (Å²) in [5.41, 5.74) is 0. The topological polar surface area (TPSA) is 78.4 Å². The summed E-state index contributed by atoms with van der Waals surface area (Å²) >= 11 is 0. The van der Waals surface area contributed by atoms with E-state index in [0.717, 1.165) is 19.3 Å². The molecule has 0 spiro atoms. The summed E-state index contributed by atoms with van der Waals surface area (Å²) in [6.45, 7) is 5.75. The number of carbonyl (C=O) groups is 2. The Morgan fingerprint density at radius 3 is 2.26 bits per heavy atom. The van der Waals surface area contributed by atoms with E-state index in [1.165, 1.54) is 12.8 Å². The molecule has 0 radical (unpaired) electrons. The van der Waals surface area contributed by atoms with Gasteiger partial charge < -0.3 is 15.7 Å². The zero-order chi connectivity index (χ0) is 14.4. The number of rotatable bonds is 6. The number of hydrogen-bond acceptors (Lipinski definition) is 2. The molecule has 3 N–H and O–H groups in total. The monoisotopic (exact) mass is 270 g/mol. The molecule has 2 amide bonds. The molecule has 0 saturated heterocycles. The molecule has 0 aromatic carbocycles. The van der Waals surface area contributed by atoms with Crippen LogP contribution in [0.5, 0.6) is 0 Å². The van der Waals surface area contributed by atoms with Gasteiger partial charge in [-0.05, 0) is 31.6 Å². The van der Waals surface area contributed by atoms with Crippen LogP contribution >= 0.6 is 0 Å². The number of urea groups is 1. The number of hydrogen-bond donors (Lipinski definition) is 3. The van der Waals surface area contributed by atoms with Crippen LogP contribution in [0.3, 0.4) is 0 Å². The van der Waals surface area contributed by atoms with E-state index in [1.54, 1.807) is 0 Å². The van der Waals surface area contributed by atoms with Crippen molar-refractivity contribution in [1.82, 2.24) is 10.6 Å². The van der Waals surface area contributed by atoms with Gasteiger partial charge >= 0.3 is 12.0 Å². The van der Waals surface area contributed by atoms with Gasteiger partial charge in [-0.25, -0.2) is 9.59 Å². The van der Waals surface area contributed by atoms with Crippen molar-refractivity contribution in [3.05, 3.63) is 0 Å². The molecular formula is C14H26N2O3. The summed E-state index contributed by atoms with van der Waals surface area (Å²) in [6.07, 6.45) is 5.46. The van der Waals surface area contributed by atoms with Crippen LogP contribution < -0.4 is 10.6 Å². The first-order valence-corrected chi connectivity index (χ1v) is 7.25. The molecule has 110 valence electrons. The molecule has 0 aromatic heterocycles. The average Bonchev–Trinajstić information content (AvgIpc) is 2.88. The third-order valence-corrected chi connectivity index (χ3v) is 4.23. The fraction of sp³-hybridized carbons (Fsp3) is 0.857. The fourth-order valence-corrected chi connectivity index (χ4v) is 2.65. The maximum absolute atomic E-state index is 11.9. The van der Waals surface area contributed by atoms with Crippen molar-refractivity contribution in [2.24, 2.45) is 11.8 Å². The zero-order valence-corrected chi connectivity index (χ0v) is 12.1. The van der Waals surface area contributed by atoms with E-state index in [2.05, 4.69) is 10.6 Å². The summed E-state index contributed by atoms with van der Waals surface area (Å²) in [4.78, 5) is 23.0. The lowest BCUT2D eigenvalue weighted by molar-refractivity contribution is -0.140.